The van der Waals surface area contributed by atoms with Gasteiger partial charge >= 0.3 is 0 Å². The fourth-order valence-corrected chi connectivity index (χ4v) is 3.48. The van der Waals surface area contributed by atoms with E-state index in [-0.39, 0.29) is 0 Å². The van der Waals surface area contributed by atoms with Crippen molar-refractivity contribution >= 4 is 5.82 Å². The number of aromatic nitrogens is 2. The molecule has 0 spiro atoms. The molecule has 2 aliphatic rings. The highest BCUT2D eigenvalue weighted by atomic mass is 15.3. The number of nitrogens with zero attached hydrogens (tertiary/aromatic N) is 3. The second-order valence-corrected chi connectivity index (χ2v) is 5.88. The summed E-state index contributed by atoms with van der Waals surface area (Å²) in [7, 11) is 0. The first-order valence-electron chi connectivity index (χ1n) is 7.56. The minimum absolute atomic E-state index is 0.603. The molecule has 1 aromatic heterocycles. The Labute approximate surface area is 115 Å². The van der Waals surface area contributed by atoms with Crippen molar-refractivity contribution in [2.45, 2.75) is 58.0 Å². The van der Waals surface area contributed by atoms with E-state index in [0.29, 0.717) is 12.1 Å². The molecule has 0 bridgehead atoms. The molecule has 0 aromatic carbocycles. The van der Waals surface area contributed by atoms with Crippen LogP contribution in [0.15, 0.2) is 6.20 Å². The fraction of sp³-hybridized carbons (Fsp3) is 0.733. The number of anilines is 1. The average molecular weight is 260 g/mol. The van der Waals surface area contributed by atoms with Crippen molar-refractivity contribution in [1.82, 2.24) is 15.3 Å². The maximum atomic E-state index is 4.75. The topological polar surface area (TPSA) is 41.1 Å². The third kappa shape index (κ3) is 2.59. The highest BCUT2D eigenvalue weighted by molar-refractivity contribution is 5.45. The normalized spacial score (nSPS) is 27.8. The summed E-state index contributed by atoms with van der Waals surface area (Å²) in [5.74, 6) is 1.11. The Hall–Kier alpha value is -1.16. The number of nitrogens with one attached hydrogen (secondary N) is 1. The van der Waals surface area contributed by atoms with E-state index < -0.39 is 0 Å². The van der Waals surface area contributed by atoms with Crippen LogP contribution in [-0.4, -0.2) is 35.1 Å². The molecule has 2 fully saturated rings. The Morgan fingerprint density at radius 2 is 2.11 bits per heavy atom. The van der Waals surface area contributed by atoms with Crippen molar-refractivity contribution in [3.05, 3.63) is 17.6 Å². The predicted molar refractivity (Wildman–Crippen MR) is 77.5 cm³/mol. The van der Waals surface area contributed by atoms with E-state index in [2.05, 4.69) is 22.1 Å². The highest BCUT2D eigenvalue weighted by Gasteiger charge is 2.33. The summed E-state index contributed by atoms with van der Waals surface area (Å²) in [6.07, 6.45) is 8.39. The second kappa shape index (κ2) is 5.45. The van der Waals surface area contributed by atoms with E-state index in [1.807, 2.05) is 13.1 Å². The van der Waals surface area contributed by atoms with Gasteiger partial charge in [-0.3, -0.25) is 4.98 Å². The molecule has 0 aliphatic carbocycles. The number of piperidine rings is 1. The maximum absolute atomic E-state index is 4.75. The van der Waals surface area contributed by atoms with Gasteiger partial charge in [0, 0.05) is 24.8 Å². The quantitative estimate of drug-likeness (QED) is 0.885. The SMILES string of the molecule is Cc1cnc(C)c(N2CCCCC2C2CCCN2)n1. The largest absolute Gasteiger partial charge is 0.351 e. The summed E-state index contributed by atoms with van der Waals surface area (Å²) < 4.78 is 0. The number of hydrogen-bond donors (Lipinski definition) is 1. The molecular formula is C15H24N4. The van der Waals surface area contributed by atoms with Crippen LogP contribution in [0.5, 0.6) is 0 Å². The van der Waals surface area contributed by atoms with Gasteiger partial charge in [-0.2, -0.15) is 0 Å². The van der Waals surface area contributed by atoms with Crippen LogP contribution in [0.25, 0.3) is 0 Å². The lowest BCUT2D eigenvalue weighted by molar-refractivity contribution is 0.375. The monoisotopic (exact) mass is 260 g/mol. The summed E-state index contributed by atoms with van der Waals surface area (Å²) in [6, 6.07) is 1.24. The molecular weight excluding hydrogens is 236 g/mol. The molecule has 104 valence electrons. The molecule has 2 atom stereocenters. The van der Waals surface area contributed by atoms with Gasteiger partial charge in [0.05, 0.1) is 11.4 Å². The van der Waals surface area contributed by atoms with Crippen LogP contribution < -0.4 is 10.2 Å². The first kappa shape index (κ1) is 12.9. The number of rotatable bonds is 2. The van der Waals surface area contributed by atoms with Gasteiger partial charge in [0.25, 0.3) is 0 Å². The summed E-state index contributed by atoms with van der Waals surface area (Å²) in [5.41, 5.74) is 2.08. The van der Waals surface area contributed by atoms with E-state index in [0.717, 1.165) is 23.8 Å². The van der Waals surface area contributed by atoms with Crippen molar-refractivity contribution in [3.8, 4) is 0 Å². The Kier molecular flexibility index (Phi) is 3.69. The van der Waals surface area contributed by atoms with Crippen molar-refractivity contribution < 1.29 is 0 Å². The Balaban J connectivity index is 1.88. The zero-order valence-electron chi connectivity index (χ0n) is 12.0. The third-order valence-corrected chi connectivity index (χ3v) is 4.44. The van der Waals surface area contributed by atoms with Crippen molar-refractivity contribution in [3.63, 3.8) is 0 Å². The van der Waals surface area contributed by atoms with Crippen LogP contribution in [0.1, 0.15) is 43.5 Å². The van der Waals surface area contributed by atoms with Gasteiger partial charge in [-0.15, -0.1) is 0 Å². The highest BCUT2D eigenvalue weighted by Crippen LogP contribution is 2.29. The first-order valence-corrected chi connectivity index (χ1v) is 7.56. The molecule has 2 saturated heterocycles. The van der Waals surface area contributed by atoms with Gasteiger partial charge in [0.15, 0.2) is 5.82 Å². The third-order valence-electron chi connectivity index (χ3n) is 4.44. The van der Waals surface area contributed by atoms with E-state index in [4.69, 9.17) is 4.98 Å². The van der Waals surface area contributed by atoms with Crippen molar-refractivity contribution in [1.29, 1.82) is 0 Å². The molecule has 19 heavy (non-hydrogen) atoms. The van der Waals surface area contributed by atoms with Crippen molar-refractivity contribution in [2.75, 3.05) is 18.0 Å². The van der Waals surface area contributed by atoms with E-state index >= 15 is 0 Å². The fourth-order valence-electron chi connectivity index (χ4n) is 3.48. The summed E-state index contributed by atoms with van der Waals surface area (Å²) >= 11 is 0. The van der Waals surface area contributed by atoms with Crippen LogP contribution in [0, 0.1) is 13.8 Å². The Morgan fingerprint density at radius 1 is 1.21 bits per heavy atom. The molecule has 0 amide bonds. The molecule has 0 saturated carbocycles. The number of hydrogen-bond acceptors (Lipinski definition) is 4. The smallest absolute Gasteiger partial charge is 0.150 e. The lowest BCUT2D eigenvalue weighted by atomic mass is 9.94. The molecule has 4 nitrogen and oxygen atoms in total. The molecule has 1 N–H and O–H groups in total. The Morgan fingerprint density at radius 3 is 2.89 bits per heavy atom. The van der Waals surface area contributed by atoms with Gasteiger partial charge in [0.2, 0.25) is 0 Å². The average Bonchev–Trinajstić information content (AvgIpc) is 2.95. The van der Waals surface area contributed by atoms with Gasteiger partial charge in [-0.25, -0.2) is 4.98 Å². The molecule has 0 radical (unpaired) electrons. The molecule has 3 rings (SSSR count). The molecule has 2 aliphatic heterocycles. The van der Waals surface area contributed by atoms with Gasteiger partial charge in [-0.1, -0.05) is 0 Å². The Bertz CT molecular complexity index is 440. The van der Waals surface area contributed by atoms with Gasteiger partial charge in [0.1, 0.15) is 0 Å². The zero-order chi connectivity index (χ0) is 13.2. The minimum Gasteiger partial charge on any atom is -0.351 e. The van der Waals surface area contributed by atoms with Crippen molar-refractivity contribution in [2.24, 2.45) is 0 Å². The summed E-state index contributed by atoms with van der Waals surface area (Å²) in [6.45, 7) is 6.41. The summed E-state index contributed by atoms with van der Waals surface area (Å²) in [4.78, 5) is 11.8. The van der Waals surface area contributed by atoms with Gasteiger partial charge in [-0.05, 0) is 52.5 Å². The lowest BCUT2D eigenvalue weighted by Crippen LogP contribution is -2.51. The van der Waals surface area contributed by atoms with Crippen LogP contribution in [0.3, 0.4) is 0 Å². The van der Waals surface area contributed by atoms with E-state index in [9.17, 15) is 0 Å². The van der Waals surface area contributed by atoms with Crippen LogP contribution in [0.4, 0.5) is 5.82 Å². The lowest BCUT2D eigenvalue weighted by Gasteiger charge is -2.40. The van der Waals surface area contributed by atoms with Crippen LogP contribution in [0.2, 0.25) is 0 Å². The summed E-state index contributed by atoms with van der Waals surface area (Å²) in [5, 5.41) is 3.67. The minimum atomic E-state index is 0.603. The van der Waals surface area contributed by atoms with E-state index in [1.54, 1.807) is 0 Å². The molecule has 1 aromatic rings. The maximum Gasteiger partial charge on any atom is 0.150 e. The molecule has 3 heterocycles. The predicted octanol–water partition coefficient (Wildman–Crippen LogP) is 2.20. The molecule has 2 unspecified atom stereocenters. The number of aryl methyl sites for hydroxylation is 2. The van der Waals surface area contributed by atoms with E-state index in [1.165, 1.54) is 38.6 Å². The second-order valence-electron chi connectivity index (χ2n) is 5.88. The van der Waals surface area contributed by atoms with Crippen LogP contribution >= 0.6 is 0 Å². The first-order chi connectivity index (χ1) is 9.25. The standard InChI is InChI=1S/C15H24N4/c1-11-10-17-12(2)15(18-11)19-9-4-3-7-14(19)13-6-5-8-16-13/h10,13-14,16H,3-9H2,1-2H3. The zero-order valence-corrected chi connectivity index (χ0v) is 12.0. The van der Waals surface area contributed by atoms with Crippen LogP contribution in [-0.2, 0) is 0 Å². The molecule has 4 heteroatoms. The van der Waals surface area contributed by atoms with Gasteiger partial charge < -0.3 is 10.2 Å².